The molecule has 2 amide bonds. The highest BCUT2D eigenvalue weighted by atomic mass is 16.5. The van der Waals surface area contributed by atoms with Crippen molar-refractivity contribution in [2.45, 2.75) is 13.8 Å². The lowest BCUT2D eigenvalue weighted by molar-refractivity contribution is -0.149. The summed E-state index contributed by atoms with van der Waals surface area (Å²) in [5, 5.41) is 2.79. The number of amides is 2. The minimum Gasteiger partial charge on any atom is -0.462 e. The number of aryl methyl sites for hydroxylation is 1. The number of carbonyl (C=O) groups is 3. The maximum atomic E-state index is 13.0. The van der Waals surface area contributed by atoms with Crippen LogP contribution in [0.15, 0.2) is 42.1 Å². The molecule has 2 heterocycles. The van der Waals surface area contributed by atoms with Crippen LogP contribution in [0.1, 0.15) is 28.5 Å². The number of hydrogen-bond donors (Lipinski definition) is 0. The van der Waals surface area contributed by atoms with Crippen molar-refractivity contribution in [3.63, 3.8) is 0 Å². The van der Waals surface area contributed by atoms with Gasteiger partial charge in [0.05, 0.1) is 38.5 Å². The van der Waals surface area contributed by atoms with Crippen molar-refractivity contribution in [2.24, 2.45) is 0 Å². The molecular formula is C24H29N3O6. The first kappa shape index (κ1) is 24.2. The van der Waals surface area contributed by atoms with Gasteiger partial charge in [0, 0.05) is 31.8 Å². The molecule has 0 radical (unpaired) electrons. The summed E-state index contributed by atoms with van der Waals surface area (Å²) in [6.07, 6.45) is 3.45. The first-order chi connectivity index (χ1) is 15.9. The van der Waals surface area contributed by atoms with Gasteiger partial charge in [-0.3, -0.25) is 9.59 Å². The van der Waals surface area contributed by atoms with E-state index < -0.39 is 0 Å². The van der Waals surface area contributed by atoms with E-state index in [-0.39, 0.29) is 36.4 Å². The lowest BCUT2D eigenvalue weighted by Gasteiger charge is -2.26. The largest absolute Gasteiger partial charge is 0.462 e. The summed E-state index contributed by atoms with van der Waals surface area (Å²) in [7, 11) is 3.09. The molecule has 0 bridgehead atoms. The van der Waals surface area contributed by atoms with Crippen molar-refractivity contribution in [3.8, 4) is 5.69 Å². The number of nitrogens with zero attached hydrogens (tertiary/aromatic N) is 3. The topological polar surface area (TPSA) is 90.3 Å². The van der Waals surface area contributed by atoms with E-state index in [1.807, 2.05) is 35.9 Å². The molecule has 0 atom stereocenters. The van der Waals surface area contributed by atoms with Crippen molar-refractivity contribution >= 4 is 23.9 Å². The van der Waals surface area contributed by atoms with Crippen LogP contribution in [-0.2, 0) is 23.8 Å². The molecule has 33 heavy (non-hydrogen) atoms. The average molecular weight is 456 g/mol. The van der Waals surface area contributed by atoms with E-state index in [1.165, 1.54) is 10.0 Å². The van der Waals surface area contributed by atoms with Crippen LogP contribution in [-0.4, -0.2) is 79.5 Å². The summed E-state index contributed by atoms with van der Waals surface area (Å²) in [5.41, 5.74) is 3.05. The van der Waals surface area contributed by atoms with Gasteiger partial charge >= 0.3 is 5.97 Å². The zero-order valence-electron chi connectivity index (χ0n) is 19.4. The van der Waals surface area contributed by atoms with Gasteiger partial charge in [-0.15, -0.1) is 0 Å². The molecule has 1 aliphatic heterocycles. The highest BCUT2D eigenvalue weighted by Gasteiger charge is 2.40. The van der Waals surface area contributed by atoms with Crippen molar-refractivity contribution in [3.05, 3.63) is 58.9 Å². The Morgan fingerprint density at radius 1 is 0.970 bits per heavy atom. The van der Waals surface area contributed by atoms with Gasteiger partial charge in [-0.2, -0.15) is 0 Å². The second-order valence-corrected chi connectivity index (χ2v) is 7.45. The molecule has 0 N–H and O–H groups in total. The van der Waals surface area contributed by atoms with Crippen LogP contribution in [0.5, 0.6) is 0 Å². The lowest BCUT2D eigenvalue weighted by Crippen LogP contribution is -2.44. The van der Waals surface area contributed by atoms with Crippen LogP contribution in [0.3, 0.4) is 0 Å². The summed E-state index contributed by atoms with van der Waals surface area (Å²) in [5.74, 6) is -1.09. The Morgan fingerprint density at radius 2 is 1.55 bits per heavy atom. The van der Waals surface area contributed by atoms with Crippen LogP contribution < -0.4 is 0 Å². The van der Waals surface area contributed by atoms with E-state index in [9.17, 15) is 14.4 Å². The number of ether oxygens (including phenoxy) is 3. The maximum absolute atomic E-state index is 13.0. The highest BCUT2D eigenvalue weighted by molar-refractivity contribution is 6.25. The summed E-state index contributed by atoms with van der Waals surface area (Å²) in [6.45, 7) is 5.18. The molecular weight excluding hydrogens is 426 g/mol. The molecule has 1 aromatic heterocycles. The second kappa shape index (κ2) is 10.9. The SMILES string of the molecule is CCOC(=O)c1ccc(-n2cc(C=C3C(=O)N(CCOC)N(CCOC)C3=O)cc2C)cc1. The third-order valence-electron chi connectivity index (χ3n) is 5.24. The molecule has 2 aromatic rings. The zero-order chi connectivity index (χ0) is 24.0. The van der Waals surface area contributed by atoms with Crippen LogP contribution in [0.4, 0.5) is 0 Å². The fraction of sp³-hybridized carbons (Fsp3) is 0.375. The number of methoxy groups -OCH3 is 2. The standard InChI is InChI=1S/C24H29N3O6/c1-5-33-24(30)19-6-8-20(9-7-19)25-16-18(14-17(25)2)15-21-22(28)26(10-12-31-3)27(23(21)29)11-13-32-4/h6-9,14-16H,5,10-13H2,1-4H3. The summed E-state index contributed by atoms with van der Waals surface area (Å²) >= 11 is 0. The normalized spacial score (nSPS) is 13.8. The maximum Gasteiger partial charge on any atom is 0.338 e. The Balaban J connectivity index is 1.86. The molecule has 0 spiro atoms. The van der Waals surface area contributed by atoms with Gasteiger partial charge in [-0.05, 0) is 55.8 Å². The number of esters is 1. The Labute approximate surface area is 193 Å². The molecule has 0 unspecified atom stereocenters. The Kier molecular flexibility index (Phi) is 8.02. The molecule has 1 fully saturated rings. The molecule has 176 valence electrons. The predicted octanol–water partition coefficient (Wildman–Crippen LogP) is 2.22. The second-order valence-electron chi connectivity index (χ2n) is 7.45. The third-order valence-corrected chi connectivity index (χ3v) is 5.24. The quantitative estimate of drug-likeness (QED) is 0.310. The van der Waals surface area contributed by atoms with E-state index >= 15 is 0 Å². The fourth-order valence-corrected chi connectivity index (χ4v) is 3.61. The van der Waals surface area contributed by atoms with E-state index in [2.05, 4.69) is 0 Å². The molecule has 3 rings (SSSR count). The molecule has 1 saturated heterocycles. The number of hydrogen-bond acceptors (Lipinski definition) is 6. The summed E-state index contributed by atoms with van der Waals surface area (Å²) in [4.78, 5) is 37.8. The number of benzene rings is 1. The van der Waals surface area contributed by atoms with Gasteiger partial charge in [0.15, 0.2) is 0 Å². The first-order valence-electron chi connectivity index (χ1n) is 10.7. The van der Waals surface area contributed by atoms with Gasteiger partial charge in [-0.25, -0.2) is 14.8 Å². The molecule has 1 aromatic carbocycles. The number of rotatable bonds is 10. The Morgan fingerprint density at radius 3 is 2.06 bits per heavy atom. The van der Waals surface area contributed by atoms with Crippen molar-refractivity contribution < 1.29 is 28.6 Å². The molecule has 0 saturated carbocycles. The predicted molar refractivity (Wildman–Crippen MR) is 122 cm³/mol. The monoisotopic (exact) mass is 455 g/mol. The summed E-state index contributed by atoms with van der Waals surface area (Å²) in [6, 6.07) is 8.94. The van der Waals surface area contributed by atoms with Gasteiger partial charge in [0.1, 0.15) is 5.57 Å². The van der Waals surface area contributed by atoms with Crippen LogP contribution >= 0.6 is 0 Å². The average Bonchev–Trinajstić information content (AvgIpc) is 3.28. The van der Waals surface area contributed by atoms with E-state index in [0.29, 0.717) is 25.4 Å². The van der Waals surface area contributed by atoms with Gasteiger partial charge in [0.2, 0.25) is 0 Å². The molecule has 9 heteroatoms. The molecule has 9 nitrogen and oxygen atoms in total. The van der Waals surface area contributed by atoms with Crippen LogP contribution in [0.2, 0.25) is 0 Å². The first-order valence-corrected chi connectivity index (χ1v) is 10.7. The number of aromatic nitrogens is 1. The van der Waals surface area contributed by atoms with E-state index in [1.54, 1.807) is 39.4 Å². The molecule has 0 aliphatic carbocycles. The highest BCUT2D eigenvalue weighted by Crippen LogP contribution is 2.24. The number of hydrazine groups is 1. The van der Waals surface area contributed by atoms with Crippen molar-refractivity contribution in [1.82, 2.24) is 14.6 Å². The minimum absolute atomic E-state index is 0.0945. The van der Waals surface area contributed by atoms with Gasteiger partial charge in [-0.1, -0.05) is 0 Å². The lowest BCUT2D eigenvalue weighted by atomic mass is 10.1. The summed E-state index contributed by atoms with van der Waals surface area (Å²) < 4.78 is 17.1. The smallest absolute Gasteiger partial charge is 0.338 e. The van der Waals surface area contributed by atoms with Gasteiger partial charge in [0.25, 0.3) is 11.8 Å². The number of carbonyl (C=O) groups excluding carboxylic acids is 3. The minimum atomic E-state index is -0.368. The molecule has 1 aliphatic rings. The van der Waals surface area contributed by atoms with E-state index in [4.69, 9.17) is 14.2 Å². The van der Waals surface area contributed by atoms with Crippen LogP contribution in [0.25, 0.3) is 11.8 Å². The van der Waals surface area contributed by atoms with Crippen LogP contribution in [0, 0.1) is 6.92 Å². The Bertz CT molecular complexity index is 1010. The van der Waals surface area contributed by atoms with Crippen molar-refractivity contribution in [1.29, 1.82) is 0 Å². The van der Waals surface area contributed by atoms with Crippen molar-refractivity contribution in [2.75, 3.05) is 47.1 Å². The van der Waals surface area contributed by atoms with Gasteiger partial charge < -0.3 is 18.8 Å². The van der Waals surface area contributed by atoms with E-state index in [0.717, 1.165) is 16.9 Å². The zero-order valence-corrected chi connectivity index (χ0v) is 19.4. The fourth-order valence-electron chi connectivity index (χ4n) is 3.61. The third kappa shape index (κ3) is 5.32. The Hall–Kier alpha value is -3.43.